The molecule has 0 unspecified atom stereocenters. The van der Waals surface area contributed by atoms with Crippen LogP contribution in [-0.2, 0) is 4.79 Å². The average Bonchev–Trinajstić information content (AvgIpc) is 2.24. The highest BCUT2D eigenvalue weighted by atomic mass is 16.4. The maximum atomic E-state index is 11.8. The van der Waals surface area contributed by atoms with E-state index < -0.39 is 24.5 Å². The van der Waals surface area contributed by atoms with E-state index in [1.165, 1.54) is 0 Å². The van der Waals surface area contributed by atoms with E-state index in [9.17, 15) is 9.59 Å². The summed E-state index contributed by atoms with van der Waals surface area (Å²) in [5, 5.41) is 19.8. The number of rotatable bonds is 4. The molecule has 0 aliphatic carbocycles. The molecule has 0 fully saturated rings. The Balaban J connectivity index is 2.86. The number of benzene rings is 1. The lowest BCUT2D eigenvalue weighted by Crippen LogP contribution is -2.43. The van der Waals surface area contributed by atoms with Gasteiger partial charge in [-0.3, -0.25) is 4.79 Å². The van der Waals surface area contributed by atoms with Crippen LogP contribution in [0.4, 0.5) is 0 Å². The summed E-state index contributed by atoms with van der Waals surface area (Å²) in [6, 6.07) is 3.97. The minimum absolute atomic E-state index is 0.412. The standard InChI is InChI=1S/C12H15NO4/c1-7-3-4-9(8(2)5-7)11(15)13-10(6-14)12(16)17/h3-5,10,14H,6H2,1-2H3,(H,13,15)(H,16,17)/t10-/m1/s1. The van der Waals surface area contributed by atoms with Gasteiger partial charge in [-0.25, -0.2) is 4.79 Å². The topological polar surface area (TPSA) is 86.6 Å². The van der Waals surface area contributed by atoms with E-state index in [0.29, 0.717) is 5.56 Å². The molecule has 92 valence electrons. The van der Waals surface area contributed by atoms with Gasteiger partial charge in [-0.15, -0.1) is 0 Å². The molecule has 0 bridgehead atoms. The van der Waals surface area contributed by atoms with Crippen molar-refractivity contribution in [2.75, 3.05) is 6.61 Å². The fourth-order valence-corrected chi connectivity index (χ4v) is 1.49. The number of aliphatic hydroxyl groups is 1. The van der Waals surface area contributed by atoms with Crippen LogP contribution in [0, 0.1) is 13.8 Å². The van der Waals surface area contributed by atoms with E-state index in [4.69, 9.17) is 10.2 Å². The fraction of sp³-hybridized carbons (Fsp3) is 0.333. The van der Waals surface area contributed by atoms with Crippen molar-refractivity contribution in [1.82, 2.24) is 5.32 Å². The van der Waals surface area contributed by atoms with Gasteiger partial charge in [-0.2, -0.15) is 0 Å². The normalized spacial score (nSPS) is 11.9. The van der Waals surface area contributed by atoms with Crippen LogP contribution in [0.15, 0.2) is 18.2 Å². The summed E-state index contributed by atoms with van der Waals surface area (Å²) >= 11 is 0. The Kier molecular flexibility index (Phi) is 4.23. The first-order valence-corrected chi connectivity index (χ1v) is 5.17. The summed E-state index contributed by atoms with van der Waals surface area (Å²) in [6.07, 6.45) is 0. The van der Waals surface area contributed by atoms with Crippen LogP contribution in [0.3, 0.4) is 0 Å². The first kappa shape index (κ1) is 13.2. The van der Waals surface area contributed by atoms with E-state index >= 15 is 0 Å². The van der Waals surface area contributed by atoms with E-state index in [1.54, 1.807) is 19.1 Å². The Labute approximate surface area is 99.1 Å². The van der Waals surface area contributed by atoms with Crippen LogP contribution >= 0.6 is 0 Å². The molecule has 0 saturated carbocycles. The largest absolute Gasteiger partial charge is 0.480 e. The zero-order valence-electron chi connectivity index (χ0n) is 9.73. The molecule has 1 atom stereocenters. The number of aliphatic carboxylic acids is 1. The van der Waals surface area contributed by atoms with Gasteiger partial charge in [0.15, 0.2) is 6.04 Å². The van der Waals surface area contributed by atoms with Crippen LogP contribution in [0.1, 0.15) is 21.5 Å². The van der Waals surface area contributed by atoms with Crippen molar-refractivity contribution in [2.24, 2.45) is 0 Å². The van der Waals surface area contributed by atoms with Crippen LogP contribution in [-0.4, -0.2) is 34.7 Å². The molecule has 1 amide bonds. The Morgan fingerprint density at radius 3 is 2.47 bits per heavy atom. The maximum Gasteiger partial charge on any atom is 0.328 e. The zero-order chi connectivity index (χ0) is 13.0. The lowest BCUT2D eigenvalue weighted by molar-refractivity contribution is -0.140. The molecule has 1 aromatic carbocycles. The van der Waals surface area contributed by atoms with Crippen LogP contribution in [0.2, 0.25) is 0 Å². The molecule has 5 nitrogen and oxygen atoms in total. The molecule has 0 aromatic heterocycles. The van der Waals surface area contributed by atoms with Crippen molar-refractivity contribution in [3.63, 3.8) is 0 Å². The molecule has 3 N–H and O–H groups in total. The van der Waals surface area contributed by atoms with E-state index in [1.807, 2.05) is 13.0 Å². The summed E-state index contributed by atoms with van der Waals surface area (Å²) in [5.74, 6) is -1.76. The SMILES string of the molecule is Cc1ccc(C(=O)N[C@H](CO)C(=O)O)c(C)c1. The molecule has 1 rings (SSSR count). The number of aliphatic hydroxyl groups excluding tert-OH is 1. The summed E-state index contributed by atoms with van der Waals surface area (Å²) in [4.78, 5) is 22.4. The van der Waals surface area contributed by atoms with Gasteiger partial charge in [0.25, 0.3) is 5.91 Å². The third-order valence-electron chi connectivity index (χ3n) is 2.41. The summed E-state index contributed by atoms with van der Waals surface area (Å²) in [5.41, 5.74) is 2.20. The molecular weight excluding hydrogens is 222 g/mol. The molecule has 0 heterocycles. The second kappa shape index (κ2) is 5.45. The number of amides is 1. The van der Waals surface area contributed by atoms with Crippen molar-refractivity contribution in [2.45, 2.75) is 19.9 Å². The first-order chi connectivity index (χ1) is 7.95. The molecule has 0 aliphatic heterocycles. The van der Waals surface area contributed by atoms with E-state index in [0.717, 1.165) is 11.1 Å². The summed E-state index contributed by atoms with van der Waals surface area (Å²) in [7, 11) is 0. The Bertz CT molecular complexity index is 442. The molecular formula is C12H15NO4. The van der Waals surface area contributed by atoms with Gasteiger partial charge in [0.05, 0.1) is 6.61 Å². The highest BCUT2D eigenvalue weighted by Crippen LogP contribution is 2.10. The van der Waals surface area contributed by atoms with E-state index in [2.05, 4.69) is 5.32 Å². The molecule has 0 aliphatic rings. The molecule has 0 spiro atoms. The number of carbonyl (C=O) groups excluding carboxylic acids is 1. The Hall–Kier alpha value is -1.88. The van der Waals surface area contributed by atoms with Gasteiger partial charge in [-0.1, -0.05) is 17.7 Å². The Morgan fingerprint density at radius 2 is 2.00 bits per heavy atom. The van der Waals surface area contributed by atoms with Gasteiger partial charge in [-0.05, 0) is 25.5 Å². The number of hydrogen-bond donors (Lipinski definition) is 3. The molecule has 0 saturated heterocycles. The minimum Gasteiger partial charge on any atom is -0.480 e. The zero-order valence-corrected chi connectivity index (χ0v) is 9.73. The van der Waals surface area contributed by atoms with Crippen molar-refractivity contribution in [3.05, 3.63) is 34.9 Å². The summed E-state index contributed by atoms with van der Waals surface area (Å²) in [6.45, 7) is 3.05. The number of carboxylic acid groups (broad SMARTS) is 1. The Morgan fingerprint density at radius 1 is 1.35 bits per heavy atom. The van der Waals surface area contributed by atoms with Gasteiger partial charge in [0.1, 0.15) is 0 Å². The third-order valence-corrected chi connectivity index (χ3v) is 2.41. The van der Waals surface area contributed by atoms with Crippen LogP contribution in [0.25, 0.3) is 0 Å². The quantitative estimate of drug-likeness (QED) is 0.710. The van der Waals surface area contributed by atoms with Crippen LogP contribution in [0.5, 0.6) is 0 Å². The molecule has 1 aromatic rings. The van der Waals surface area contributed by atoms with Gasteiger partial charge in [0, 0.05) is 5.56 Å². The van der Waals surface area contributed by atoms with Crippen molar-refractivity contribution in [3.8, 4) is 0 Å². The summed E-state index contributed by atoms with van der Waals surface area (Å²) < 4.78 is 0. The first-order valence-electron chi connectivity index (χ1n) is 5.17. The highest BCUT2D eigenvalue weighted by molar-refractivity contribution is 5.97. The van der Waals surface area contributed by atoms with Crippen molar-refractivity contribution >= 4 is 11.9 Å². The van der Waals surface area contributed by atoms with Gasteiger partial charge in [0.2, 0.25) is 0 Å². The second-order valence-electron chi connectivity index (χ2n) is 3.87. The average molecular weight is 237 g/mol. The van der Waals surface area contributed by atoms with Crippen molar-refractivity contribution in [1.29, 1.82) is 0 Å². The maximum absolute atomic E-state index is 11.8. The number of nitrogens with one attached hydrogen (secondary N) is 1. The predicted molar refractivity (Wildman–Crippen MR) is 61.9 cm³/mol. The lowest BCUT2D eigenvalue weighted by Gasteiger charge is -2.13. The minimum atomic E-state index is -1.27. The molecule has 5 heteroatoms. The van der Waals surface area contributed by atoms with Gasteiger partial charge >= 0.3 is 5.97 Å². The fourth-order valence-electron chi connectivity index (χ4n) is 1.49. The molecule has 0 radical (unpaired) electrons. The lowest BCUT2D eigenvalue weighted by atomic mass is 10.0. The van der Waals surface area contributed by atoms with Gasteiger partial charge < -0.3 is 15.5 Å². The van der Waals surface area contributed by atoms with Crippen LogP contribution < -0.4 is 5.32 Å². The number of carbonyl (C=O) groups is 2. The predicted octanol–water partition coefficient (Wildman–Crippen LogP) is 0.479. The monoisotopic (exact) mass is 237 g/mol. The number of carboxylic acids is 1. The number of aryl methyl sites for hydroxylation is 2. The van der Waals surface area contributed by atoms with Crippen molar-refractivity contribution < 1.29 is 19.8 Å². The molecule has 17 heavy (non-hydrogen) atoms. The highest BCUT2D eigenvalue weighted by Gasteiger charge is 2.20. The third kappa shape index (κ3) is 3.29. The van der Waals surface area contributed by atoms with E-state index in [-0.39, 0.29) is 0 Å². The number of hydrogen-bond acceptors (Lipinski definition) is 3. The smallest absolute Gasteiger partial charge is 0.328 e. The second-order valence-corrected chi connectivity index (χ2v) is 3.87.